The van der Waals surface area contributed by atoms with Gasteiger partial charge in [-0.25, -0.2) is 4.79 Å². The van der Waals surface area contributed by atoms with Crippen LogP contribution < -0.4 is 0 Å². The van der Waals surface area contributed by atoms with Gasteiger partial charge in [-0.2, -0.15) is 5.10 Å². The van der Waals surface area contributed by atoms with Gasteiger partial charge in [-0.1, -0.05) is 42.5 Å². The summed E-state index contributed by atoms with van der Waals surface area (Å²) in [4.78, 5) is 12.9. The van der Waals surface area contributed by atoms with E-state index in [-0.39, 0.29) is 0 Å². The summed E-state index contributed by atoms with van der Waals surface area (Å²) in [6.07, 6.45) is 8.31. The number of aromatic nitrogens is 3. The molecule has 41 heavy (non-hydrogen) atoms. The van der Waals surface area contributed by atoms with Crippen molar-refractivity contribution in [1.29, 1.82) is 0 Å². The van der Waals surface area contributed by atoms with Crippen LogP contribution in [-0.2, 0) is 42.0 Å². The van der Waals surface area contributed by atoms with Crippen molar-refractivity contribution < 1.29 is 19.4 Å². The van der Waals surface area contributed by atoms with Crippen LogP contribution in [0.1, 0.15) is 77.6 Å². The summed E-state index contributed by atoms with van der Waals surface area (Å²) in [5.41, 5.74) is 9.00. The number of fused-ring (bicyclic) bond motifs is 4. The van der Waals surface area contributed by atoms with Gasteiger partial charge in [0.25, 0.3) is 0 Å². The highest BCUT2D eigenvalue weighted by Crippen LogP contribution is 2.40. The molecule has 214 valence electrons. The molecule has 0 bridgehead atoms. The van der Waals surface area contributed by atoms with Crippen LogP contribution in [0.15, 0.2) is 48.5 Å². The van der Waals surface area contributed by atoms with Crippen LogP contribution in [0.25, 0.3) is 27.8 Å². The van der Waals surface area contributed by atoms with E-state index in [1.807, 2.05) is 25.1 Å². The predicted octanol–water partition coefficient (Wildman–Crippen LogP) is 7.17. The maximum Gasteiger partial charge on any atom is 0.352 e. The summed E-state index contributed by atoms with van der Waals surface area (Å²) in [5, 5.41) is 16.5. The first-order valence-electron chi connectivity index (χ1n) is 15.0. The number of hydrogen-bond donors (Lipinski definition) is 1. The Labute approximate surface area is 241 Å². The molecule has 7 nitrogen and oxygen atoms in total. The summed E-state index contributed by atoms with van der Waals surface area (Å²) in [6, 6.07) is 14.5. The number of para-hydroxylation sites is 1. The minimum atomic E-state index is -0.875. The van der Waals surface area contributed by atoms with Gasteiger partial charge in [0.15, 0.2) is 0 Å². The Morgan fingerprint density at radius 2 is 1.95 bits per heavy atom. The Balaban J connectivity index is 1.39. The second-order valence-corrected chi connectivity index (χ2v) is 11.1. The number of allylic oxidation sites excluding steroid dienone is 1. The van der Waals surface area contributed by atoms with E-state index < -0.39 is 5.97 Å². The molecule has 0 saturated carbocycles. The molecule has 0 atom stereocenters. The number of nitrogens with zero attached hydrogens (tertiary/aromatic N) is 3. The van der Waals surface area contributed by atoms with Crippen LogP contribution >= 0.6 is 0 Å². The molecule has 0 radical (unpaired) electrons. The SMILES string of the molecule is C/C=C(/OCCCc1c(C(=O)O)n2c3c(cccc13)-c1c(nn3c1CCCC3)COCCCC2)c1ccccc1C. The van der Waals surface area contributed by atoms with E-state index in [4.69, 9.17) is 14.6 Å². The standard InChI is InChI=1S/C34H39N3O4/c1-3-30(24-13-5-4-12-23(24)2)41-21-11-16-26-25-14-10-15-27-31-28(35-37-19-7-6-17-29(31)37)22-40-20-9-8-18-36(32(25)27)33(26)34(38)39/h3-5,10,12-15H,6-9,11,16-22H2,1-2H3,(H,38,39)/b30-3+. The number of ether oxygens (including phenoxy) is 2. The lowest BCUT2D eigenvalue weighted by atomic mass is 9.95. The Hall–Kier alpha value is -3.84. The summed E-state index contributed by atoms with van der Waals surface area (Å²) in [7, 11) is 0. The van der Waals surface area contributed by atoms with Gasteiger partial charge < -0.3 is 19.1 Å². The van der Waals surface area contributed by atoms with Crippen molar-refractivity contribution in [2.24, 2.45) is 0 Å². The highest BCUT2D eigenvalue weighted by molar-refractivity contribution is 6.04. The zero-order valence-electron chi connectivity index (χ0n) is 24.1. The van der Waals surface area contributed by atoms with Crippen molar-refractivity contribution in [1.82, 2.24) is 14.3 Å². The van der Waals surface area contributed by atoms with E-state index in [1.54, 1.807) is 0 Å². The first kappa shape index (κ1) is 27.3. The third-order valence-corrected chi connectivity index (χ3v) is 8.48. The van der Waals surface area contributed by atoms with Crippen LogP contribution in [0.2, 0.25) is 0 Å². The van der Waals surface area contributed by atoms with E-state index in [2.05, 4.69) is 46.5 Å². The number of aryl methyl sites for hydroxylation is 4. The Morgan fingerprint density at radius 3 is 2.78 bits per heavy atom. The van der Waals surface area contributed by atoms with Crippen molar-refractivity contribution in [3.8, 4) is 11.1 Å². The summed E-state index contributed by atoms with van der Waals surface area (Å²) in [5.74, 6) is -0.0121. The first-order valence-corrected chi connectivity index (χ1v) is 15.0. The molecule has 4 aromatic rings. The molecule has 1 N–H and O–H groups in total. The quantitative estimate of drug-likeness (QED) is 0.194. The summed E-state index contributed by atoms with van der Waals surface area (Å²) < 4.78 is 16.5. The third kappa shape index (κ3) is 5.19. The second-order valence-electron chi connectivity index (χ2n) is 11.1. The molecule has 0 spiro atoms. The van der Waals surface area contributed by atoms with E-state index in [1.165, 1.54) is 11.3 Å². The van der Waals surface area contributed by atoms with Gasteiger partial charge >= 0.3 is 5.97 Å². The molecule has 0 unspecified atom stereocenters. The topological polar surface area (TPSA) is 78.5 Å². The molecular weight excluding hydrogens is 514 g/mol. The fourth-order valence-electron chi connectivity index (χ4n) is 6.60. The Bertz CT molecular complexity index is 1610. The van der Waals surface area contributed by atoms with Gasteiger partial charge in [0.1, 0.15) is 11.5 Å². The highest BCUT2D eigenvalue weighted by atomic mass is 16.5. The van der Waals surface area contributed by atoms with Gasteiger partial charge in [-0.3, -0.25) is 4.68 Å². The zero-order chi connectivity index (χ0) is 28.3. The van der Waals surface area contributed by atoms with Crippen LogP contribution in [0.3, 0.4) is 0 Å². The number of carboxylic acid groups (broad SMARTS) is 1. The van der Waals surface area contributed by atoms with Crippen LogP contribution in [0.4, 0.5) is 0 Å². The minimum absolute atomic E-state index is 0.403. The zero-order valence-corrected chi connectivity index (χ0v) is 24.1. The number of hydrogen-bond acceptors (Lipinski definition) is 4. The minimum Gasteiger partial charge on any atom is -0.493 e. The Morgan fingerprint density at radius 1 is 1.10 bits per heavy atom. The molecule has 4 heterocycles. The molecule has 2 aromatic carbocycles. The summed E-state index contributed by atoms with van der Waals surface area (Å²) in [6.45, 7) is 7.27. The maximum absolute atomic E-state index is 12.9. The second kappa shape index (κ2) is 12.0. The average Bonchev–Trinajstić information content (AvgIpc) is 3.50. The van der Waals surface area contributed by atoms with Gasteiger partial charge in [0.05, 0.1) is 24.4 Å². The number of carbonyl (C=O) groups is 1. The van der Waals surface area contributed by atoms with Gasteiger partial charge in [-0.15, -0.1) is 0 Å². The molecule has 0 amide bonds. The molecule has 6 rings (SSSR count). The maximum atomic E-state index is 12.9. The van der Waals surface area contributed by atoms with Gasteiger partial charge in [0, 0.05) is 47.5 Å². The number of rotatable bonds is 7. The smallest absolute Gasteiger partial charge is 0.352 e. The van der Waals surface area contributed by atoms with Gasteiger partial charge in [-0.05, 0) is 76.0 Å². The highest BCUT2D eigenvalue weighted by Gasteiger charge is 2.28. The van der Waals surface area contributed by atoms with E-state index >= 15 is 0 Å². The average molecular weight is 554 g/mol. The summed E-state index contributed by atoms with van der Waals surface area (Å²) >= 11 is 0. The molecular formula is C34H39N3O4. The van der Waals surface area contributed by atoms with Crippen molar-refractivity contribution in [3.05, 3.63) is 82.3 Å². The van der Waals surface area contributed by atoms with Crippen LogP contribution in [0.5, 0.6) is 0 Å². The van der Waals surface area contributed by atoms with Gasteiger partial charge in [0.2, 0.25) is 0 Å². The van der Waals surface area contributed by atoms with E-state index in [9.17, 15) is 9.90 Å². The number of benzene rings is 2. The molecule has 0 fully saturated rings. The molecule has 0 aliphatic carbocycles. The lowest BCUT2D eigenvalue weighted by molar-refractivity contribution is 0.0683. The van der Waals surface area contributed by atoms with Crippen molar-refractivity contribution in [2.45, 2.75) is 78.5 Å². The number of carboxylic acids is 1. The molecule has 2 aliphatic heterocycles. The normalized spacial score (nSPS) is 15.7. The largest absolute Gasteiger partial charge is 0.493 e. The lowest BCUT2D eigenvalue weighted by Crippen LogP contribution is -2.13. The fourth-order valence-corrected chi connectivity index (χ4v) is 6.60. The third-order valence-electron chi connectivity index (χ3n) is 8.48. The van der Waals surface area contributed by atoms with Crippen LogP contribution in [-0.4, -0.2) is 38.6 Å². The van der Waals surface area contributed by atoms with Crippen molar-refractivity contribution in [2.75, 3.05) is 13.2 Å². The first-order chi connectivity index (χ1) is 20.1. The van der Waals surface area contributed by atoms with Crippen molar-refractivity contribution in [3.63, 3.8) is 0 Å². The van der Waals surface area contributed by atoms with E-state index in [0.29, 0.717) is 38.5 Å². The van der Waals surface area contributed by atoms with E-state index in [0.717, 1.165) is 89.7 Å². The lowest BCUT2D eigenvalue weighted by Gasteiger charge is -2.16. The monoisotopic (exact) mass is 553 g/mol. The molecule has 0 saturated heterocycles. The molecule has 7 heteroatoms. The molecule has 2 aliphatic rings. The van der Waals surface area contributed by atoms with Crippen molar-refractivity contribution >= 4 is 22.6 Å². The molecule has 2 aromatic heterocycles. The van der Waals surface area contributed by atoms with Crippen LogP contribution in [0, 0.1) is 6.92 Å². The predicted molar refractivity (Wildman–Crippen MR) is 161 cm³/mol. The number of aromatic carboxylic acids is 1. The fraction of sp³-hybridized carbons (Fsp3) is 0.412. The Kier molecular flexibility index (Phi) is 7.97.